The number of halogens is 1. The molecular weight excluding hydrogens is 282 g/mol. The van der Waals surface area contributed by atoms with Gasteiger partial charge in [-0.25, -0.2) is 0 Å². The maximum absolute atomic E-state index is 11.7. The second-order valence-corrected chi connectivity index (χ2v) is 5.51. The predicted octanol–water partition coefficient (Wildman–Crippen LogP) is 2.87. The Hall–Kier alpha value is -0.0900. The highest BCUT2D eigenvalue weighted by atomic mass is 79.9. The average Bonchev–Trinajstić information content (AvgIpc) is 2.57. The van der Waals surface area contributed by atoms with Crippen LogP contribution < -0.4 is 5.32 Å². The lowest BCUT2D eigenvalue weighted by Gasteiger charge is -2.13. The van der Waals surface area contributed by atoms with E-state index in [0.717, 1.165) is 5.33 Å². The summed E-state index contributed by atoms with van der Waals surface area (Å²) in [4.78, 5) is 11.7. The van der Waals surface area contributed by atoms with Crippen molar-refractivity contribution in [3.63, 3.8) is 0 Å². The third kappa shape index (κ3) is 7.77. The van der Waals surface area contributed by atoms with Crippen LogP contribution in [0.5, 0.6) is 0 Å². The van der Waals surface area contributed by atoms with E-state index in [1.54, 1.807) is 0 Å². The van der Waals surface area contributed by atoms with Gasteiger partial charge < -0.3 is 10.1 Å². The van der Waals surface area contributed by atoms with E-state index in [1.807, 2.05) is 0 Å². The number of carbonyl (C=O) groups excluding carboxylic acids is 1. The highest BCUT2D eigenvalue weighted by molar-refractivity contribution is 9.09. The summed E-state index contributed by atoms with van der Waals surface area (Å²) < 4.78 is 5.28. The molecule has 1 N–H and O–H groups in total. The molecule has 0 aromatic rings. The minimum atomic E-state index is 0.194. The van der Waals surface area contributed by atoms with E-state index in [1.165, 1.54) is 38.5 Å². The zero-order valence-electron chi connectivity index (χ0n) is 10.5. The molecule has 0 spiro atoms. The summed E-state index contributed by atoms with van der Waals surface area (Å²) in [6, 6.07) is 0. The van der Waals surface area contributed by atoms with E-state index >= 15 is 0 Å². The molecule has 1 aliphatic carbocycles. The van der Waals surface area contributed by atoms with Crippen LogP contribution in [0.15, 0.2) is 0 Å². The first-order valence-corrected chi connectivity index (χ1v) is 7.85. The Bertz CT molecular complexity index is 204. The Kier molecular flexibility index (Phi) is 8.71. The molecule has 3 nitrogen and oxygen atoms in total. The van der Waals surface area contributed by atoms with Crippen LogP contribution in [0.1, 0.15) is 44.9 Å². The smallest absolute Gasteiger partial charge is 0.220 e. The summed E-state index contributed by atoms with van der Waals surface area (Å²) in [6.07, 6.45) is 8.45. The maximum atomic E-state index is 11.7. The van der Waals surface area contributed by atoms with Gasteiger partial charge >= 0.3 is 0 Å². The summed E-state index contributed by atoms with van der Waals surface area (Å²) in [5, 5.41) is 3.78. The second kappa shape index (κ2) is 9.89. The molecular formula is C13H24BrNO2. The second-order valence-electron chi connectivity index (χ2n) is 4.71. The minimum Gasteiger partial charge on any atom is -0.379 e. The number of carbonyl (C=O) groups is 1. The molecule has 0 aromatic heterocycles. The summed E-state index contributed by atoms with van der Waals surface area (Å²) in [5.41, 5.74) is 0. The van der Waals surface area contributed by atoms with E-state index in [9.17, 15) is 4.79 Å². The van der Waals surface area contributed by atoms with Crippen molar-refractivity contribution >= 4 is 21.8 Å². The summed E-state index contributed by atoms with van der Waals surface area (Å²) in [7, 11) is 0. The molecule has 0 radical (unpaired) electrons. The first kappa shape index (κ1) is 15.0. The Morgan fingerprint density at radius 3 is 2.53 bits per heavy atom. The third-order valence-corrected chi connectivity index (χ3v) is 3.56. The quantitative estimate of drug-likeness (QED) is 0.446. The fourth-order valence-corrected chi connectivity index (χ4v) is 2.55. The number of rotatable bonds is 7. The van der Waals surface area contributed by atoms with Gasteiger partial charge in [0.1, 0.15) is 0 Å². The van der Waals surface area contributed by atoms with Crippen LogP contribution in [0, 0.1) is 5.92 Å². The van der Waals surface area contributed by atoms with Gasteiger partial charge in [-0.3, -0.25) is 4.79 Å². The monoisotopic (exact) mass is 305 g/mol. The summed E-state index contributed by atoms with van der Waals surface area (Å²) >= 11 is 3.29. The first-order chi connectivity index (χ1) is 8.33. The molecule has 0 aliphatic heterocycles. The van der Waals surface area contributed by atoms with E-state index in [-0.39, 0.29) is 5.91 Å². The number of nitrogens with one attached hydrogen (secondary N) is 1. The van der Waals surface area contributed by atoms with Gasteiger partial charge in [0.15, 0.2) is 0 Å². The van der Waals surface area contributed by atoms with Gasteiger partial charge in [-0.15, -0.1) is 0 Å². The molecule has 0 saturated heterocycles. The van der Waals surface area contributed by atoms with Crippen LogP contribution in [-0.4, -0.2) is 31.0 Å². The molecule has 1 fully saturated rings. The molecule has 1 rings (SSSR count). The lowest BCUT2D eigenvalue weighted by Crippen LogP contribution is -2.29. The molecule has 0 bridgehead atoms. The van der Waals surface area contributed by atoms with Crippen molar-refractivity contribution in [2.24, 2.45) is 5.92 Å². The van der Waals surface area contributed by atoms with Gasteiger partial charge in [-0.05, 0) is 18.8 Å². The Morgan fingerprint density at radius 1 is 1.18 bits per heavy atom. The molecule has 1 aliphatic rings. The van der Waals surface area contributed by atoms with Crippen molar-refractivity contribution in [1.29, 1.82) is 0 Å². The SMILES string of the molecule is O=C(CC1CCCCCC1)NCCOCCBr. The molecule has 4 heteroatoms. The highest BCUT2D eigenvalue weighted by Gasteiger charge is 2.15. The largest absolute Gasteiger partial charge is 0.379 e. The zero-order chi connectivity index (χ0) is 12.3. The van der Waals surface area contributed by atoms with Crippen LogP contribution in [-0.2, 0) is 9.53 Å². The van der Waals surface area contributed by atoms with Crippen molar-refractivity contribution in [2.75, 3.05) is 25.1 Å². The van der Waals surface area contributed by atoms with Gasteiger partial charge in [-0.1, -0.05) is 41.6 Å². The molecule has 1 saturated carbocycles. The van der Waals surface area contributed by atoms with Crippen LogP contribution >= 0.6 is 15.9 Å². The van der Waals surface area contributed by atoms with Crippen molar-refractivity contribution < 1.29 is 9.53 Å². The Morgan fingerprint density at radius 2 is 1.88 bits per heavy atom. The molecule has 100 valence electrons. The summed E-state index contributed by atoms with van der Waals surface area (Å²) in [6.45, 7) is 1.96. The molecule has 0 heterocycles. The Labute approximate surface area is 113 Å². The van der Waals surface area contributed by atoms with Crippen LogP contribution in [0.2, 0.25) is 0 Å². The van der Waals surface area contributed by atoms with E-state index < -0.39 is 0 Å². The molecule has 0 aromatic carbocycles. The topological polar surface area (TPSA) is 38.3 Å². The molecule has 0 unspecified atom stereocenters. The fraction of sp³-hybridized carbons (Fsp3) is 0.923. The summed E-state index contributed by atoms with van der Waals surface area (Å²) in [5.74, 6) is 0.806. The molecule has 1 amide bonds. The van der Waals surface area contributed by atoms with Gasteiger partial charge in [0, 0.05) is 18.3 Å². The van der Waals surface area contributed by atoms with Gasteiger partial charge in [0.25, 0.3) is 0 Å². The van der Waals surface area contributed by atoms with E-state index in [4.69, 9.17) is 4.74 Å². The fourth-order valence-electron chi connectivity index (χ4n) is 2.32. The number of amides is 1. The normalized spacial score (nSPS) is 17.7. The molecule has 0 atom stereocenters. The van der Waals surface area contributed by atoms with Crippen molar-refractivity contribution in [3.05, 3.63) is 0 Å². The highest BCUT2D eigenvalue weighted by Crippen LogP contribution is 2.25. The lowest BCUT2D eigenvalue weighted by molar-refractivity contribution is -0.122. The third-order valence-electron chi connectivity index (χ3n) is 3.24. The number of hydrogen-bond donors (Lipinski definition) is 1. The Balaban J connectivity index is 2.03. The van der Waals surface area contributed by atoms with Crippen LogP contribution in [0.3, 0.4) is 0 Å². The molecule has 17 heavy (non-hydrogen) atoms. The zero-order valence-corrected chi connectivity index (χ0v) is 12.1. The van der Waals surface area contributed by atoms with Crippen molar-refractivity contribution in [3.8, 4) is 0 Å². The van der Waals surface area contributed by atoms with E-state index in [0.29, 0.717) is 32.1 Å². The number of hydrogen-bond acceptors (Lipinski definition) is 2. The average molecular weight is 306 g/mol. The lowest BCUT2D eigenvalue weighted by atomic mass is 9.96. The van der Waals surface area contributed by atoms with E-state index in [2.05, 4.69) is 21.2 Å². The van der Waals surface area contributed by atoms with Crippen molar-refractivity contribution in [1.82, 2.24) is 5.32 Å². The minimum absolute atomic E-state index is 0.194. The number of ether oxygens (including phenoxy) is 1. The van der Waals surface area contributed by atoms with Crippen LogP contribution in [0.4, 0.5) is 0 Å². The number of alkyl halides is 1. The van der Waals surface area contributed by atoms with Gasteiger partial charge in [0.05, 0.1) is 13.2 Å². The van der Waals surface area contributed by atoms with Crippen LogP contribution in [0.25, 0.3) is 0 Å². The predicted molar refractivity (Wildman–Crippen MR) is 73.4 cm³/mol. The van der Waals surface area contributed by atoms with Gasteiger partial charge in [0.2, 0.25) is 5.91 Å². The standard InChI is InChI=1S/C13H24BrNO2/c14-7-9-17-10-8-15-13(16)11-12-5-3-1-2-4-6-12/h12H,1-11H2,(H,15,16). The van der Waals surface area contributed by atoms with Crippen molar-refractivity contribution in [2.45, 2.75) is 44.9 Å². The first-order valence-electron chi connectivity index (χ1n) is 6.73. The van der Waals surface area contributed by atoms with Gasteiger partial charge in [-0.2, -0.15) is 0 Å². The maximum Gasteiger partial charge on any atom is 0.220 e.